The Hall–Kier alpha value is -3.86. The van der Waals surface area contributed by atoms with Crippen LogP contribution in [0.2, 0.25) is 18.6 Å². The second kappa shape index (κ2) is 13.2. The second-order valence-corrected chi connectivity index (χ2v) is 16.5. The number of hydrogen-bond acceptors (Lipinski definition) is 6. The Morgan fingerprint density at radius 3 is 2.47 bits per heavy atom. The maximum Gasteiger partial charge on any atom is 0.269 e. The molecule has 1 aromatic heterocycles. The highest BCUT2D eigenvalue weighted by atomic mass is 28.4. The highest BCUT2D eigenvalue weighted by molar-refractivity contribution is 6.72. The molecule has 45 heavy (non-hydrogen) atoms. The van der Waals surface area contributed by atoms with Gasteiger partial charge in [0.2, 0.25) is 8.41 Å². The van der Waals surface area contributed by atoms with E-state index in [1.54, 1.807) is 22.7 Å². The van der Waals surface area contributed by atoms with Crippen LogP contribution < -0.4 is 9.64 Å². The number of aryl methyl sites for hydroxylation is 2. The molecule has 0 radical (unpaired) electrons. The average Bonchev–Trinajstić information content (AvgIpc) is 3.64. The third-order valence-electron chi connectivity index (χ3n) is 9.26. The van der Waals surface area contributed by atoms with Crippen LogP contribution in [-0.2, 0) is 22.5 Å². The Labute approximate surface area is 265 Å². The summed E-state index contributed by atoms with van der Waals surface area (Å²) in [6, 6.07) is 25.4. The van der Waals surface area contributed by atoms with E-state index in [-0.39, 0.29) is 48.7 Å². The van der Waals surface area contributed by atoms with Gasteiger partial charge in [-0.05, 0) is 73.7 Å². The lowest BCUT2D eigenvalue weighted by Crippen LogP contribution is -2.36. The lowest BCUT2D eigenvalue weighted by Gasteiger charge is -2.29. The van der Waals surface area contributed by atoms with E-state index < -0.39 is 8.41 Å². The zero-order valence-electron chi connectivity index (χ0n) is 26.1. The van der Waals surface area contributed by atoms with Gasteiger partial charge in [-0.25, -0.2) is 0 Å². The second-order valence-electron chi connectivity index (χ2n) is 12.7. The first kappa shape index (κ1) is 31.1. The van der Waals surface area contributed by atoms with E-state index in [0.717, 1.165) is 35.3 Å². The van der Waals surface area contributed by atoms with E-state index in [2.05, 4.69) is 29.4 Å². The largest absolute Gasteiger partial charge is 0.482 e. The summed E-state index contributed by atoms with van der Waals surface area (Å²) in [6.07, 6.45) is 3.88. The summed E-state index contributed by atoms with van der Waals surface area (Å²) < 4.78 is 29.7. The van der Waals surface area contributed by atoms with Gasteiger partial charge in [-0.1, -0.05) is 66.7 Å². The molecule has 0 saturated carbocycles. The van der Waals surface area contributed by atoms with Crippen molar-refractivity contribution in [1.82, 2.24) is 15.0 Å². The van der Waals surface area contributed by atoms with E-state index in [0.29, 0.717) is 24.4 Å². The normalized spacial score (nSPS) is 22.2. The number of aromatic nitrogens is 3. The molecule has 2 aliphatic rings. The standard InChI is InChI=1S/C35H41FN4O4Si/c1-24-31(18-15-25-13-16-27(17-14-25)40-30-11-7-8-12-32(30)43-23-34(40)42)44-33(35(24)45(2,3)36)19-20-39-21-29(37-38-39)28(22-41)26-9-5-4-6-10-26/h4-14,16-17,21,24,28,31,33,35,41H,15,18-20,22-23H2,1-3H3/t24-,28?,31+,33-,35+/m0/s1. The number of nitrogens with zero attached hydrogens (tertiary/aromatic N) is 4. The molecule has 4 aromatic rings. The summed E-state index contributed by atoms with van der Waals surface area (Å²) in [5, 5.41) is 18.7. The molecule has 6 rings (SSSR count). The number of halogens is 1. The molecule has 3 heterocycles. The first-order chi connectivity index (χ1) is 21.7. The van der Waals surface area contributed by atoms with Gasteiger partial charge in [-0.2, -0.15) is 0 Å². The number of aliphatic hydroxyl groups excluding tert-OH is 1. The molecule has 0 bridgehead atoms. The molecule has 1 N–H and O–H groups in total. The summed E-state index contributed by atoms with van der Waals surface area (Å²) in [7, 11) is -3.01. The molecule has 1 saturated heterocycles. The van der Waals surface area contributed by atoms with Crippen LogP contribution in [0.4, 0.5) is 15.5 Å². The summed E-state index contributed by atoms with van der Waals surface area (Å²) in [6.45, 7) is 6.23. The topological polar surface area (TPSA) is 89.7 Å². The van der Waals surface area contributed by atoms with Gasteiger partial charge in [0.05, 0.1) is 36.1 Å². The summed E-state index contributed by atoms with van der Waals surface area (Å²) >= 11 is 0. The van der Waals surface area contributed by atoms with Gasteiger partial charge in [0.25, 0.3) is 5.91 Å². The van der Waals surface area contributed by atoms with Crippen LogP contribution in [0.25, 0.3) is 0 Å². The number of benzene rings is 3. The van der Waals surface area contributed by atoms with Crippen LogP contribution in [0.15, 0.2) is 85.1 Å². The molecule has 1 amide bonds. The van der Waals surface area contributed by atoms with E-state index in [1.165, 1.54) is 0 Å². The highest BCUT2D eigenvalue weighted by Gasteiger charge is 2.50. The minimum absolute atomic E-state index is 0.0151. The van der Waals surface area contributed by atoms with Crippen molar-refractivity contribution in [2.75, 3.05) is 18.1 Å². The molecule has 2 aliphatic heterocycles. The van der Waals surface area contributed by atoms with Crippen molar-refractivity contribution in [2.45, 2.75) is 69.5 Å². The van der Waals surface area contributed by atoms with Gasteiger partial charge in [0, 0.05) is 24.0 Å². The maximum absolute atomic E-state index is 15.7. The lowest BCUT2D eigenvalue weighted by molar-refractivity contribution is -0.120. The fourth-order valence-electron chi connectivity index (χ4n) is 7.05. The predicted molar refractivity (Wildman–Crippen MR) is 174 cm³/mol. The monoisotopic (exact) mass is 628 g/mol. The Kier molecular flexibility index (Phi) is 9.16. The van der Waals surface area contributed by atoms with Gasteiger partial charge < -0.3 is 18.7 Å². The molecule has 236 valence electrons. The van der Waals surface area contributed by atoms with E-state index in [4.69, 9.17) is 9.47 Å². The summed E-state index contributed by atoms with van der Waals surface area (Å²) in [5.41, 5.74) is 4.29. The van der Waals surface area contributed by atoms with Crippen LogP contribution in [-0.4, -0.2) is 59.8 Å². The van der Waals surface area contributed by atoms with Gasteiger partial charge in [0.1, 0.15) is 5.75 Å². The molecule has 1 fully saturated rings. The molecule has 5 atom stereocenters. The Bertz CT molecular complexity index is 1590. The van der Waals surface area contributed by atoms with Crippen LogP contribution in [0.3, 0.4) is 0 Å². The predicted octanol–water partition coefficient (Wildman–Crippen LogP) is 6.43. The first-order valence-corrected chi connectivity index (χ1v) is 18.7. The van der Waals surface area contributed by atoms with Crippen molar-refractivity contribution >= 4 is 25.7 Å². The van der Waals surface area contributed by atoms with Crippen LogP contribution in [0.5, 0.6) is 5.75 Å². The molecular weight excluding hydrogens is 587 g/mol. The number of ether oxygens (including phenoxy) is 2. The minimum Gasteiger partial charge on any atom is -0.482 e. The zero-order chi connectivity index (χ0) is 31.6. The molecule has 0 aliphatic carbocycles. The van der Waals surface area contributed by atoms with Crippen molar-refractivity contribution in [3.63, 3.8) is 0 Å². The lowest BCUT2D eigenvalue weighted by atomic mass is 9.95. The highest BCUT2D eigenvalue weighted by Crippen LogP contribution is 2.47. The fraction of sp³-hybridized carbons (Fsp3) is 0.400. The fourth-order valence-corrected chi connectivity index (χ4v) is 9.65. The SMILES string of the molecule is C[C@@H]1[C@@H]([Si](C)(C)F)[C@H](CCn2cc(C(CO)c3ccccc3)nn2)O[C@@H]1CCc1ccc(N2C(=O)COc3ccccc32)cc1. The van der Waals surface area contributed by atoms with Gasteiger partial charge in [-0.15, -0.1) is 5.10 Å². The van der Waals surface area contributed by atoms with Crippen molar-refractivity contribution < 1.29 is 23.5 Å². The van der Waals surface area contributed by atoms with Gasteiger partial charge >= 0.3 is 0 Å². The smallest absolute Gasteiger partial charge is 0.269 e. The average molecular weight is 629 g/mol. The molecular formula is C35H41FN4O4Si. The zero-order valence-corrected chi connectivity index (χ0v) is 27.1. The van der Waals surface area contributed by atoms with E-state index in [1.807, 2.05) is 72.9 Å². The van der Waals surface area contributed by atoms with Gasteiger partial charge in [0.15, 0.2) is 6.61 Å². The number of anilines is 2. The van der Waals surface area contributed by atoms with Crippen molar-refractivity contribution in [3.05, 3.63) is 102 Å². The van der Waals surface area contributed by atoms with Crippen molar-refractivity contribution in [3.8, 4) is 5.75 Å². The number of para-hydroxylation sites is 2. The van der Waals surface area contributed by atoms with Crippen molar-refractivity contribution in [1.29, 1.82) is 0 Å². The maximum atomic E-state index is 15.7. The number of carbonyl (C=O) groups excluding carboxylic acids is 1. The minimum atomic E-state index is -3.01. The third kappa shape index (κ3) is 6.73. The number of aliphatic hydroxyl groups is 1. The number of rotatable bonds is 11. The third-order valence-corrected chi connectivity index (χ3v) is 11.7. The van der Waals surface area contributed by atoms with Crippen molar-refractivity contribution in [2.24, 2.45) is 5.92 Å². The van der Waals surface area contributed by atoms with Crippen LogP contribution in [0, 0.1) is 5.92 Å². The molecule has 8 nitrogen and oxygen atoms in total. The summed E-state index contributed by atoms with van der Waals surface area (Å²) in [4.78, 5) is 14.4. The molecule has 3 aromatic carbocycles. The molecule has 1 unspecified atom stereocenters. The number of amides is 1. The van der Waals surface area contributed by atoms with E-state index >= 15 is 4.11 Å². The molecule has 10 heteroatoms. The molecule has 0 spiro atoms. The quantitative estimate of drug-likeness (QED) is 0.152. The number of carbonyl (C=O) groups is 1. The van der Waals surface area contributed by atoms with Crippen LogP contribution >= 0.6 is 0 Å². The Balaban J connectivity index is 1.09. The Morgan fingerprint density at radius 2 is 1.73 bits per heavy atom. The first-order valence-electron chi connectivity index (χ1n) is 15.8. The van der Waals surface area contributed by atoms with Gasteiger partial charge in [-0.3, -0.25) is 14.4 Å². The number of fused-ring (bicyclic) bond motifs is 1. The Morgan fingerprint density at radius 1 is 1.00 bits per heavy atom. The van der Waals surface area contributed by atoms with E-state index in [9.17, 15) is 9.90 Å². The summed E-state index contributed by atoms with van der Waals surface area (Å²) in [5.74, 6) is 0.460. The van der Waals surface area contributed by atoms with Crippen LogP contribution in [0.1, 0.15) is 42.5 Å². The number of hydrogen-bond donors (Lipinski definition) is 1.